The molecule has 186 valence electrons. The lowest BCUT2D eigenvalue weighted by atomic mass is 10.1. The van der Waals surface area contributed by atoms with Gasteiger partial charge in [0.05, 0.1) is 6.61 Å². The summed E-state index contributed by atoms with van der Waals surface area (Å²) in [5, 5.41) is 7.20. The maximum atomic E-state index is 13.0. The molecule has 36 heavy (non-hydrogen) atoms. The van der Waals surface area contributed by atoms with E-state index in [9.17, 15) is 9.59 Å². The number of fused-ring (bicyclic) bond motifs is 1. The van der Waals surface area contributed by atoms with Gasteiger partial charge in [-0.2, -0.15) is 0 Å². The van der Waals surface area contributed by atoms with Gasteiger partial charge in [-0.25, -0.2) is 0 Å². The fraction of sp³-hybridized carbons (Fsp3) is 0.214. The summed E-state index contributed by atoms with van der Waals surface area (Å²) in [4.78, 5) is 25.4. The average Bonchev–Trinajstić information content (AvgIpc) is 3.21. The van der Waals surface area contributed by atoms with Crippen LogP contribution in [0.15, 0.2) is 72.8 Å². The van der Waals surface area contributed by atoms with E-state index in [1.165, 1.54) is 0 Å². The van der Waals surface area contributed by atoms with Gasteiger partial charge in [-0.3, -0.25) is 9.59 Å². The second-order valence-corrected chi connectivity index (χ2v) is 8.85. The van der Waals surface area contributed by atoms with E-state index in [0.29, 0.717) is 41.8 Å². The summed E-state index contributed by atoms with van der Waals surface area (Å²) in [6.07, 6.45) is 0. The Bertz CT molecular complexity index is 1370. The van der Waals surface area contributed by atoms with Crippen LogP contribution in [0.25, 0.3) is 10.9 Å². The first-order chi connectivity index (χ1) is 17.4. The van der Waals surface area contributed by atoms with Crippen LogP contribution in [0, 0.1) is 6.92 Å². The fourth-order valence-electron chi connectivity index (χ4n) is 3.93. The highest BCUT2D eigenvalue weighted by molar-refractivity contribution is 6.30. The molecule has 4 rings (SSSR count). The lowest BCUT2D eigenvalue weighted by molar-refractivity contribution is -0.118. The van der Waals surface area contributed by atoms with E-state index in [2.05, 4.69) is 16.7 Å². The summed E-state index contributed by atoms with van der Waals surface area (Å²) in [5.41, 5.74) is 4.29. The van der Waals surface area contributed by atoms with E-state index >= 15 is 0 Å². The Kier molecular flexibility index (Phi) is 8.25. The molecular weight excluding hydrogens is 478 g/mol. The van der Waals surface area contributed by atoms with Gasteiger partial charge < -0.3 is 24.7 Å². The van der Waals surface area contributed by atoms with Crippen molar-refractivity contribution >= 4 is 40.0 Å². The zero-order valence-electron chi connectivity index (χ0n) is 20.2. The van der Waals surface area contributed by atoms with Gasteiger partial charge in [0.25, 0.3) is 11.8 Å². The number of amides is 2. The number of benzene rings is 3. The summed E-state index contributed by atoms with van der Waals surface area (Å²) < 4.78 is 12.6. The van der Waals surface area contributed by atoms with E-state index in [1.807, 2.05) is 54.0 Å². The van der Waals surface area contributed by atoms with Crippen LogP contribution >= 0.6 is 11.6 Å². The van der Waals surface area contributed by atoms with Crippen molar-refractivity contribution in [3.05, 3.63) is 94.6 Å². The third-order valence-corrected chi connectivity index (χ3v) is 5.87. The maximum Gasteiger partial charge on any atom is 0.268 e. The zero-order valence-corrected chi connectivity index (χ0v) is 21.0. The van der Waals surface area contributed by atoms with Gasteiger partial charge in [0, 0.05) is 41.8 Å². The smallest absolute Gasteiger partial charge is 0.268 e. The molecule has 0 spiro atoms. The minimum absolute atomic E-state index is 0.138. The van der Waals surface area contributed by atoms with Gasteiger partial charge in [-0.05, 0) is 61.0 Å². The number of aryl methyl sites for hydroxylation is 1. The Morgan fingerprint density at radius 3 is 2.56 bits per heavy atom. The van der Waals surface area contributed by atoms with Crippen molar-refractivity contribution < 1.29 is 19.1 Å². The molecule has 7 nitrogen and oxygen atoms in total. The average molecular weight is 506 g/mol. The van der Waals surface area contributed by atoms with Crippen molar-refractivity contribution in [2.24, 2.45) is 0 Å². The zero-order chi connectivity index (χ0) is 25.5. The molecule has 0 aliphatic rings. The third kappa shape index (κ3) is 6.44. The SMILES string of the molecule is COCCNC(=O)c1cc2cc(NC(=O)COc3ccc(Cl)cc3)ccc2n1Cc1cccc(C)c1. The van der Waals surface area contributed by atoms with Crippen LogP contribution in [0.3, 0.4) is 0 Å². The third-order valence-electron chi connectivity index (χ3n) is 5.62. The van der Waals surface area contributed by atoms with Crippen molar-refractivity contribution in [1.29, 1.82) is 0 Å². The van der Waals surface area contributed by atoms with E-state index in [0.717, 1.165) is 22.0 Å². The fourth-order valence-corrected chi connectivity index (χ4v) is 4.06. The first-order valence-electron chi connectivity index (χ1n) is 11.6. The molecule has 2 N–H and O–H groups in total. The molecule has 0 fully saturated rings. The van der Waals surface area contributed by atoms with Gasteiger partial charge in [-0.15, -0.1) is 0 Å². The van der Waals surface area contributed by atoms with Gasteiger partial charge >= 0.3 is 0 Å². The van der Waals surface area contributed by atoms with Crippen molar-refractivity contribution in [1.82, 2.24) is 9.88 Å². The largest absolute Gasteiger partial charge is 0.484 e. The van der Waals surface area contributed by atoms with Crippen LogP contribution in [0.5, 0.6) is 5.75 Å². The number of carbonyl (C=O) groups excluding carboxylic acids is 2. The molecule has 0 radical (unpaired) electrons. The Morgan fingerprint density at radius 2 is 1.81 bits per heavy atom. The number of hydrogen-bond donors (Lipinski definition) is 2. The topological polar surface area (TPSA) is 81.6 Å². The second-order valence-electron chi connectivity index (χ2n) is 8.42. The highest BCUT2D eigenvalue weighted by Crippen LogP contribution is 2.25. The quantitative estimate of drug-likeness (QED) is 0.296. The first kappa shape index (κ1) is 25.3. The summed E-state index contributed by atoms with van der Waals surface area (Å²) >= 11 is 5.88. The highest BCUT2D eigenvalue weighted by atomic mass is 35.5. The number of methoxy groups -OCH3 is 1. The second kappa shape index (κ2) is 11.7. The summed E-state index contributed by atoms with van der Waals surface area (Å²) in [6.45, 7) is 3.29. The molecule has 0 saturated carbocycles. The lowest BCUT2D eigenvalue weighted by Gasteiger charge is -2.12. The molecule has 0 aliphatic heterocycles. The minimum Gasteiger partial charge on any atom is -0.484 e. The molecule has 1 heterocycles. The Morgan fingerprint density at radius 1 is 1.00 bits per heavy atom. The predicted molar refractivity (Wildman–Crippen MR) is 142 cm³/mol. The molecule has 0 bridgehead atoms. The van der Waals surface area contributed by atoms with E-state index in [4.69, 9.17) is 21.1 Å². The maximum absolute atomic E-state index is 13.0. The Labute approximate surface area is 215 Å². The molecule has 2 amide bonds. The molecule has 1 aromatic heterocycles. The minimum atomic E-state index is -0.291. The standard InChI is InChI=1S/C28H28ClN3O4/c1-19-4-3-5-20(14-19)17-32-25-11-8-23(15-21(25)16-26(32)28(34)30-12-13-35-2)31-27(33)18-36-24-9-6-22(29)7-10-24/h3-11,14-16H,12-13,17-18H2,1-2H3,(H,30,34)(H,31,33). The van der Waals surface area contributed by atoms with Gasteiger partial charge in [0.15, 0.2) is 6.61 Å². The lowest BCUT2D eigenvalue weighted by Crippen LogP contribution is -2.29. The highest BCUT2D eigenvalue weighted by Gasteiger charge is 2.17. The van der Waals surface area contributed by atoms with Crippen LogP contribution in [-0.4, -0.2) is 43.2 Å². The molecule has 3 aromatic carbocycles. The molecular formula is C28H28ClN3O4. The number of rotatable bonds is 10. The number of hydrogen-bond acceptors (Lipinski definition) is 4. The van der Waals surface area contributed by atoms with E-state index in [-0.39, 0.29) is 18.4 Å². The van der Waals surface area contributed by atoms with Gasteiger partial charge in [0.2, 0.25) is 0 Å². The normalized spacial score (nSPS) is 10.9. The summed E-state index contributed by atoms with van der Waals surface area (Å²) in [6, 6.07) is 22.4. The summed E-state index contributed by atoms with van der Waals surface area (Å²) in [5.74, 6) is 0.0845. The molecule has 8 heteroatoms. The first-order valence-corrected chi connectivity index (χ1v) is 11.9. The van der Waals surface area contributed by atoms with Crippen molar-refractivity contribution in [3.8, 4) is 5.75 Å². The Balaban J connectivity index is 1.55. The van der Waals surface area contributed by atoms with Crippen molar-refractivity contribution in [2.75, 3.05) is 32.2 Å². The molecule has 0 aliphatic carbocycles. The van der Waals surface area contributed by atoms with Crippen LogP contribution in [0.4, 0.5) is 5.69 Å². The predicted octanol–water partition coefficient (Wildman–Crippen LogP) is 5.05. The number of aromatic nitrogens is 1. The molecule has 0 saturated heterocycles. The van der Waals surface area contributed by atoms with E-state index in [1.54, 1.807) is 31.4 Å². The molecule has 0 unspecified atom stereocenters. The number of nitrogens with zero attached hydrogens (tertiary/aromatic N) is 1. The number of anilines is 1. The van der Waals surface area contributed by atoms with Crippen LogP contribution < -0.4 is 15.4 Å². The van der Waals surface area contributed by atoms with Gasteiger partial charge in [-0.1, -0.05) is 41.4 Å². The van der Waals surface area contributed by atoms with Crippen LogP contribution in [0.1, 0.15) is 21.6 Å². The molecule has 4 aromatic rings. The van der Waals surface area contributed by atoms with Crippen LogP contribution in [-0.2, 0) is 16.1 Å². The number of ether oxygens (including phenoxy) is 2. The number of halogens is 1. The van der Waals surface area contributed by atoms with Crippen molar-refractivity contribution in [2.45, 2.75) is 13.5 Å². The monoisotopic (exact) mass is 505 g/mol. The number of nitrogens with one attached hydrogen (secondary N) is 2. The van der Waals surface area contributed by atoms with E-state index < -0.39 is 0 Å². The number of carbonyl (C=O) groups is 2. The van der Waals surface area contributed by atoms with Crippen molar-refractivity contribution in [3.63, 3.8) is 0 Å². The summed E-state index contributed by atoms with van der Waals surface area (Å²) in [7, 11) is 1.59. The van der Waals surface area contributed by atoms with Crippen LogP contribution in [0.2, 0.25) is 5.02 Å². The molecule has 0 atom stereocenters. The van der Waals surface area contributed by atoms with Gasteiger partial charge in [0.1, 0.15) is 11.4 Å². The Hall–Kier alpha value is -3.81.